The summed E-state index contributed by atoms with van der Waals surface area (Å²) < 4.78 is 1.76. The molecule has 1 aliphatic heterocycles. The second-order valence-electron chi connectivity index (χ2n) is 5.04. The van der Waals surface area contributed by atoms with Crippen molar-refractivity contribution < 1.29 is 0 Å². The minimum Gasteiger partial charge on any atom is -0.353 e. The number of nitrogens with zero attached hydrogens (tertiary/aromatic N) is 7. The van der Waals surface area contributed by atoms with Gasteiger partial charge < -0.3 is 4.90 Å². The van der Waals surface area contributed by atoms with Gasteiger partial charge in [0.15, 0.2) is 11.5 Å². The Kier molecular flexibility index (Phi) is 3.24. The Morgan fingerprint density at radius 3 is 2.65 bits per heavy atom. The maximum atomic E-state index is 8.96. The fraction of sp³-hybridized carbons (Fsp3) is 0.538. The maximum Gasteiger partial charge on any atom is 0.178 e. The molecule has 104 valence electrons. The van der Waals surface area contributed by atoms with E-state index >= 15 is 0 Å². The molecule has 0 unspecified atom stereocenters. The molecule has 2 aromatic heterocycles. The summed E-state index contributed by atoms with van der Waals surface area (Å²) in [5.41, 5.74) is 0.767. The van der Waals surface area contributed by atoms with Crippen molar-refractivity contribution in [3.8, 4) is 6.07 Å². The summed E-state index contributed by atoms with van der Waals surface area (Å²) in [6.07, 6.45) is 0. The Morgan fingerprint density at radius 1 is 1.20 bits per heavy atom. The number of nitriles is 1. The molecule has 1 aliphatic rings. The van der Waals surface area contributed by atoms with Crippen LogP contribution >= 0.6 is 0 Å². The lowest BCUT2D eigenvalue weighted by molar-refractivity contribution is 0.231. The first-order valence-electron chi connectivity index (χ1n) is 6.77. The number of piperazine rings is 1. The standard InChI is InChI=1S/C13H17N7/c1-10(9-14)18-5-7-19(8-6-18)13-4-3-12-16-15-11(2)20(12)17-13/h3-4,10H,5-8H2,1-2H3/t10-/m1/s1. The van der Waals surface area contributed by atoms with Gasteiger partial charge in [0.05, 0.1) is 12.1 Å². The summed E-state index contributed by atoms with van der Waals surface area (Å²) in [6, 6.07) is 6.18. The quantitative estimate of drug-likeness (QED) is 0.790. The summed E-state index contributed by atoms with van der Waals surface area (Å²) in [4.78, 5) is 4.43. The lowest BCUT2D eigenvalue weighted by Gasteiger charge is -2.36. The van der Waals surface area contributed by atoms with E-state index in [1.807, 2.05) is 26.0 Å². The van der Waals surface area contributed by atoms with E-state index in [2.05, 4.69) is 31.2 Å². The minimum atomic E-state index is -0.0207. The molecule has 0 saturated carbocycles. The van der Waals surface area contributed by atoms with Crippen LogP contribution in [0, 0.1) is 18.3 Å². The van der Waals surface area contributed by atoms with Crippen LogP contribution in [0.4, 0.5) is 5.82 Å². The van der Waals surface area contributed by atoms with Gasteiger partial charge in [-0.2, -0.15) is 9.78 Å². The third kappa shape index (κ3) is 2.18. The van der Waals surface area contributed by atoms with Gasteiger partial charge in [-0.25, -0.2) is 0 Å². The Hall–Kier alpha value is -2.20. The van der Waals surface area contributed by atoms with Crippen molar-refractivity contribution in [3.63, 3.8) is 0 Å². The van der Waals surface area contributed by atoms with Gasteiger partial charge in [0.25, 0.3) is 0 Å². The molecule has 1 atom stereocenters. The van der Waals surface area contributed by atoms with Crippen LogP contribution < -0.4 is 4.90 Å². The summed E-state index contributed by atoms with van der Waals surface area (Å²) in [7, 11) is 0. The van der Waals surface area contributed by atoms with E-state index in [9.17, 15) is 0 Å². The number of aromatic nitrogens is 4. The highest BCUT2D eigenvalue weighted by molar-refractivity contribution is 5.46. The van der Waals surface area contributed by atoms with E-state index in [1.54, 1.807) is 4.52 Å². The highest BCUT2D eigenvalue weighted by Gasteiger charge is 2.22. The lowest BCUT2D eigenvalue weighted by Crippen LogP contribution is -2.49. The zero-order valence-corrected chi connectivity index (χ0v) is 11.7. The number of aryl methyl sites for hydroxylation is 1. The fourth-order valence-electron chi connectivity index (χ4n) is 2.48. The van der Waals surface area contributed by atoms with Gasteiger partial charge in [0.1, 0.15) is 5.82 Å². The van der Waals surface area contributed by atoms with Gasteiger partial charge in [-0.05, 0) is 26.0 Å². The molecule has 3 heterocycles. The second-order valence-corrected chi connectivity index (χ2v) is 5.04. The van der Waals surface area contributed by atoms with Crippen LogP contribution in [0.25, 0.3) is 5.65 Å². The number of hydrogen-bond donors (Lipinski definition) is 0. The van der Waals surface area contributed by atoms with Crippen molar-refractivity contribution in [2.24, 2.45) is 0 Å². The van der Waals surface area contributed by atoms with E-state index in [1.165, 1.54) is 0 Å². The molecule has 1 fully saturated rings. The van der Waals surface area contributed by atoms with Crippen LogP contribution in [-0.4, -0.2) is 56.9 Å². The van der Waals surface area contributed by atoms with Crippen molar-refractivity contribution in [2.45, 2.75) is 19.9 Å². The molecule has 0 N–H and O–H groups in total. The van der Waals surface area contributed by atoms with Crippen LogP contribution in [0.2, 0.25) is 0 Å². The third-order valence-corrected chi connectivity index (χ3v) is 3.78. The molecule has 3 rings (SSSR count). The van der Waals surface area contributed by atoms with Crippen molar-refractivity contribution in [3.05, 3.63) is 18.0 Å². The monoisotopic (exact) mass is 271 g/mol. The molecule has 2 aromatic rings. The predicted molar refractivity (Wildman–Crippen MR) is 74.4 cm³/mol. The normalized spacial score (nSPS) is 18.1. The van der Waals surface area contributed by atoms with Crippen LogP contribution in [-0.2, 0) is 0 Å². The highest BCUT2D eigenvalue weighted by Crippen LogP contribution is 2.15. The number of anilines is 1. The van der Waals surface area contributed by atoms with Crippen LogP contribution in [0.15, 0.2) is 12.1 Å². The highest BCUT2D eigenvalue weighted by atomic mass is 15.4. The Labute approximate surface area is 117 Å². The molecule has 0 spiro atoms. The van der Waals surface area contributed by atoms with E-state index in [-0.39, 0.29) is 6.04 Å². The van der Waals surface area contributed by atoms with Gasteiger partial charge in [-0.1, -0.05) is 0 Å². The zero-order valence-electron chi connectivity index (χ0n) is 11.7. The lowest BCUT2D eigenvalue weighted by atomic mass is 10.2. The molecular formula is C13H17N7. The molecule has 0 aliphatic carbocycles. The first-order chi connectivity index (χ1) is 9.69. The van der Waals surface area contributed by atoms with Crippen LogP contribution in [0.1, 0.15) is 12.7 Å². The third-order valence-electron chi connectivity index (χ3n) is 3.78. The average molecular weight is 271 g/mol. The van der Waals surface area contributed by atoms with Crippen LogP contribution in [0.5, 0.6) is 0 Å². The summed E-state index contributed by atoms with van der Waals surface area (Å²) in [5, 5.41) is 21.6. The molecule has 0 bridgehead atoms. The SMILES string of the molecule is Cc1nnc2ccc(N3CCN([C@H](C)C#N)CC3)nn12. The van der Waals surface area contributed by atoms with Crippen molar-refractivity contribution >= 4 is 11.5 Å². The predicted octanol–water partition coefficient (Wildman–Crippen LogP) is 0.467. The summed E-state index contributed by atoms with van der Waals surface area (Å²) >= 11 is 0. The molecule has 7 nitrogen and oxygen atoms in total. The Morgan fingerprint density at radius 2 is 1.95 bits per heavy atom. The summed E-state index contributed by atoms with van der Waals surface area (Å²) in [6.45, 7) is 7.37. The van der Waals surface area contributed by atoms with Gasteiger partial charge >= 0.3 is 0 Å². The largest absolute Gasteiger partial charge is 0.353 e. The van der Waals surface area contributed by atoms with Crippen molar-refractivity contribution in [1.82, 2.24) is 24.7 Å². The van der Waals surface area contributed by atoms with Crippen molar-refractivity contribution in [2.75, 3.05) is 31.1 Å². The topological polar surface area (TPSA) is 73.3 Å². The fourth-order valence-corrected chi connectivity index (χ4v) is 2.48. The summed E-state index contributed by atoms with van der Waals surface area (Å²) in [5.74, 6) is 1.73. The minimum absolute atomic E-state index is 0.0207. The van der Waals surface area contributed by atoms with Crippen molar-refractivity contribution in [1.29, 1.82) is 5.26 Å². The average Bonchev–Trinajstić information content (AvgIpc) is 2.87. The van der Waals surface area contributed by atoms with Gasteiger partial charge in [-0.3, -0.25) is 4.90 Å². The Balaban J connectivity index is 1.76. The number of rotatable bonds is 2. The van der Waals surface area contributed by atoms with E-state index < -0.39 is 0 Å². The van der Waals surface area contributed by atoms with E-state index in [4.69, 9.17) is 5.26 Å². The Bertz CT molecular complexity index is 648. The molecule has 0 aromatic carbocycles. The molecule has 0 amide bonds. The zero-order chi connectivity index (χ0) is 14.1. The van der Waals surface area contributed by atoms with Gasteiger partial charge in [-0.15, -0.1) is 15.3 Å². The molecular weight excluding hydrogens is 254 g/mol. The molecule has 20 heavy (non-hydrogen) atoms. The van der Waals surface area contributed by atoms with Gasteiger partial charge in [0, 0.05) is 26.2 Å². The number of fused-ring (bicyclic) bond motifs is 1. The molecule has 0 radical (unpaired) electrons. The first-order valence-corrected chi connectivity index (χ1v) is 6.77. The molecule has 1 saturated heterocycles. The van der Waals surface area contributed by atoms with Gasteiger partial charge in [0.2, 0.25) is 0 Å². The maximum absolute atomic E-state index is 8.96. The van der Waals surface area contributed by atoms with Crippen LogP contribution in [0.3, 0.4) is 0 Å². The smallest absolute Gasteiger partial charge is 0.178 e. The van der Waals surface area contributed by atoms with E-state index in [0.29, 0.717) is 0 Å². The second kappa shape index (κ2) is 5.06. The molecule has 7 heteroatoms. The number of hydrogen-bond acceptors (Lipinski definition) is 6. The van der Waals surface area contributed by atoms with E-state index in [0.717, 1.165) is 43.5 Å². The first kappa shape index (κ1) is 12.8.